The van der Waals surface area contributed by atoms with Crippen molar-refractivity contribution in [2.45, 2.75) is 91.4 Å². The minimum Gasteiger partial charge on any atom is -0.456 e. The highest BCUT2D eigenvalue weighted by atomic mass is 16.3. The maximum Gasteiger partial charge on any atom is 0.238 e. The van der Waals surface area contributed by atoms with Crippen LogP contribution in [0.1, 0.15) is 109 Å². The lowest BCUT2D eigenvalue weighted by molar-refractivity contribution is 0.256. The Bertz CT molecular complexity index is 9350. The number of fused-ring (bicyclic) bond motifs is 27. The highest BCUT2D eigenvalue weighted by Crippen LogP contribution is 2.64. The summed E-state index contributed by atoms with van der Waals surface area (Å²) >= 11 is 0. The molecule has 8 aromatic heterocycles. The Morgan fingerprint density at radius 2 is 0.674 bits per heavy atom. The molecule has 0 aliphatic heterocycles. The van der Waals surface area contributed by atoms with Crippen LogP contribution in [0.15, 0.2) is 400 Å². The highest BCUT2D eigenvalue weighted by Gasteiger charge is 2.51. The average molecular weight is 1820 g/mol. The van der Waals surface area contributed by atoms with Crippen LogP contribution in [0.2, 0.25) is 0 Å². The lowest BCUT2D eigenvalue weighted by Crippen LogP contribution is -2.36. The molecule has 0 fully saturated rings. The summed E-state index contributed by atoms with van der Waals surface area (Å²) in [6.07, 6.45) is 1.96. The molecule has 0 saturated heterocycles. The minimum atomic E-state index is -0.267. The number of nitrogens with zero attached hydrogens (tertiary/aromatic N) is 9. The second-order valence-corrected chi connectivity index (χ2v) is 39.2. The van der Waals surface area contributed by atoms with Crippen molar-refractivity contribution in [3.05, 3.63) is 416 Å². The van der Waals surface area contributed by atoms with E-state index in [1.807, 2.05) is 103 Å². The number of benzene rings is 17. The van der Waals surface area contributed by atoms with Gasteiger partial charge in [-0.15, -0.1) is 0 Å². The minimum absolute atomic E-state index is 0.0802. The van der Waals surface area contributed by atoms with Crippen molar-refractivity contribution in [1.29, 1.82) is 0 Å². The highest BCUT2D eigenvalue weighted by molar-refractivity contribution is 6.19. The fourth-order valence-electron chi connectivity index (χ4n) is 23.5. The lowest BCUT2D eigenvalue weighted by Gasteiger charge is -2.41. The van der Waals surface area contributed by atoms with E-state index in [1.165, 1.54) is 72.1 Å². The van der Waals surface area contributed by atoms with Gasteiger partial charge < -0.3 is 17.7 Å². The monoisotopic (exact) mass is 1820 g/mol. The van der Waals surface area contributed by atoms with Gasteiger partial charge in [-0.1, -0.05) is 384 Å². The van der Waals surface area contributed by atoms with Crippen LogP contribution in [0.4, 0.5) is 0 Å². The van der Waals surface area contributed by atoms with Gasteiger partial charge in [-0.05, 0) is 163 Å². The van der Waals surface area contributed by atoms with Gasteiger partial charge in [0.2, 0.25) is 5.95 Å². The van der Waals surface area contributed by atoms with Crippen LogP contribution in [0.3, 0.4) is 0 Å². The van der Waals surface area contributed by atoms with Crippen LogP contribution < -0.4 is 0 Å². The predicted octanol–water partition coefficient (Wildman–Crippen LogP) is 33.6. The summed E-state index contributed by atoms with van der Waals surface area (Å²) in [6.45, 7) is 21.1. The van der Waals surface area contributed by atoms with Gasteiger partial charge in [0.15, 0.2) is 40.5 Å². The van der Waals surface area contributed by atoms with Gasteiger partial charge in [-0.25, -0.2) is 29.9 Å². The molecule has 17 aromatic carbocycles. The van der Waals surface area contributed by atoms with E-state index < -0.39 is 0 Å². The number of furan rings is 4. The first-order valence-corrected chi connectivity index (χ1v) is 48.8. The van der Waals surface area contributed by atoms with Crippen molar-refractivity contribution in [3.63, 3.8) is 0 Å². The third-order valence-electron chi connectivity index (χ3n) is 30.9. The summed E-state index contributed by atoms with van der Waals surface area (Å²) in [5, 5.41) is 10.1. The van der Waals surface area contributed by atoms with Gasteiger partial charge in [0.1, 0.15) is 50.3 Å². The van der Waals surface area contributed by atoms with Gasteiger partial charge in [-0.2, -0.15) is 9.97 Å². The Morgan fingerprint density at radius 3 is 1.23 bits per heavy atom. The van der Waals surface area contributed by atoms with Crippen molar-refractivity contribution in [2.75, 3.05) is 0 Å². The first-order valence-electron chi connectivity index (χ1n) is 48.8. The van der Waals surface area contributed by atoms with Crippen molar-refractivity contribution < 1.29 is 17.7 Å². The molecular formula is C128H95N9O4. The number of aromatic nitrogens is 9. The van der Waals surface area contributed by atoms with Crippen molar-refractivity contribution in [1.82, 2.24) is 44.4 Å². The molecule has 0 saturated carbocycles. The quantitative estimate of drug-likeness (QED) is 0.114. The number of hydrogen-bond acceptors (Lipinski definition) is 12. The van der Waals surface area contributed by atoms with E-state index >= 15 is 0 Å². The SMILES string of the molecule is CC(C)(C)C1(C)c2ccccc2-c2cc(-c3nc(-c4ccccc4)nc(-c4ccccc4-c4ccccc4)n3)c3oc4ccccc4c3c21.CC(C)C1(C)c2ccccc2-c2cc(-c3nc(-c4ccccc4)nc(-n4c5ccccc5c5ccccc54)n3)c3oc4ccccc4c3c21.CCC1(CC)c2ccccc2-c2c(-c3nc(-c4ccccc4)c4oc5ccccc5c4n3)cc3oc4ccccc4c3c21. The molecule has 8 heterocycles. The van der Waals surface area contributed by atoms with Gasteiger partial charge >= 0.3 is 0 Å². The van der Waals surface area contributed by atoms with Gasteiger partial charge in [0, 0.05) is 92.5 Å². The third-order valence-corrected chi connectivity index (χ3v) is 30.9. The van der Waals surface area contributed by atoms with Crippen LogP contribution in [0.25, 0.3) is 240 Å². The van der Waals surface area contributed by atoms with Crippen molar-refractivity contribution >= 4 is 110 Å². The van der Waals surface area contributed by atoms with E-state index in [0.29, 0.717) is 52.4 Å². The fraction of sp³-hybridized carbons (Fsp3) is 0.125. The first-order chi connectivity index (χ1) is 69.1. The molecule has 3 aliphatic rings. The molecule has 13 nitrogen and oxygen atoms in total. The summed E-state index contributed by atoms with van der Waals surface area (Å²) in [5.74, 6) is 4.60. The zero-order valence-corrected chi connectivity index (χ0v) is 79.5. The average Bonchev–Trinajstić information content (AvgIpc) is 1.51. The maximum absolute atomic E-state index is 6.85. The standard InChI is InChI=1S/C45H35N3O.C44H32N4O.C39H28N2O2/c1-44(2,3)45(4)36-25-15-13-22-31(36)34-27-35(40-38(39(34)45)33-24-14-16-26-37(33)49-40)43-47-41(29-19-9-6-10-20-29)46-42(48-43)32-23-12-11-21-30(32)28-17-7-5-8-18-28;1-26(2)44(3)34-21-11-7-17-28(34)32-25-33(40-38(39(32)44)31-20-10-14-24-37(31)49-40)42-45-41(27-15-5-4-6-16-27)46-43(47-42)48-35-22-12-8-18-29(35)30-19-9-13-23-36(30)48;1-3-39(4-2)28-19-11-8-16-24(28)32-27(22-31-33(34(32)39)25-17-9-12-20-29(25)42-31)38-40-35(23-14-6-5-7-15-23)37-36(41-38)26-18-10-13-21-30(26)43-37/h5-27H,1-4H3;4-26H,1-3H3;5-22H,3-4H2,1-2H3. The molecule has 0 spiro atoms. The Morgan fingerprint density at radius 1 is 0.284 bits per heavy atom. The van der Waals surface area contributed by atoms with E-state index in [0.717, 1.165) is 167 Å². The first kappa shape index (κ1) is 84.4. The largest absolute Gasteiger partial charge is 0.456 e. The molecule has 2 unspecified atom stereocenters. The molecule has 13 heteroatoms. The fourth-order valence-corrected chi connectivity index (χ4v) is 23.5. The van der Waals surface area contributed by atoms with Gasteiger partial charge in [0.05, 0.1) is 22.2 Å². The topological polar surface area (TPSA) is 161 Å². The van der Waals surface area contributed by atoms with Crippen molar-refractivity contribution in [2.24, 2.45) is 11.3 Å². The zero-order chi connectivity index (χ0) is 94.9. The van der Waals surface area contributed by atoms with Crippen LogP contribution in [0, 0.1) is 11.3 Å². The number of hydrogen-bond donors (Lipinski definition) is 0. The summed E-state index contributed by atoms with van der Waals surface area (Å²) in [5.41, 5.74) is 33.6. The van der Waals surface area contributed by atoms with E-state index in [2.05, 4.69) is 346 Å². The number of rotatable bonds is 12. The lowest BCUT2D eigenvalue weighted by atomic mass is 9.62. The molecule has 3 aliphatic carbocycles. The molecule has 0 N–H and O–H groups in total. The van der Waals surface area contributed by atoms with Gasteiger partial charge in [-0.3, -0.25) is 4.57 Å². The molecule has 25 aromatic rings. The molecule has 0 bridgehead atoms. The second-order valence-electron chi connectivity index (χ2n) is 39.2. The van der Waals surface area contributed by atoms with Crippen LogP contribution in [-0.2, 0) is 16.2 Å². The van der Waals surface area contributed by atoms with Crippen LogP contribution in [0.5, 0.6) is 0 Å². The maximum atomic E-state index is 6.85. The molecule has 28 rings (SSSR count). The Kier molecular flexibility index (Phi) is 19.4. The third kappa shape index (κ3) is 12.8. The molecule has 0 radical (unpaired) electrons. The van der Waals surface area contributed by atoms with Crippen molar-refractivity contribution in [3.8, 4) is 130 Å². The van der Waals surface area contributed by atoms with Gasteiger partial charge in [0.25, 0.3) is 0 Å². The van der Waals surface area contributed by atoms with E-state index in [4.69, 9.17) is 57.5 Å². The Balaban J connectivity index is 0.000000109. The molecule has 2 atom stereocenters. The molecule has 0 amide bonds. The summed E-state index contributed by atoms with van der Waals surface area (Å²) in [7, 11) is 0. The predicted molar refractivity (Wildman–Crippen MR) is 573 cm³/mol. The number of para-hydroxylation sites is 6. The molecule has 676 valence electrons. The normalized spacial score (nSPS) is 14.9. The molecule has 141 heavy (non-hydrogen) atoms. The van der Waals surface area contributed by atoms with Crippen LogP contribution >= 0.6 is 0 Å². The zero-order valence-electron chi connectivity index (χ0n) is 79.5. The Labute approximate surface area is 814 Å². The summed E-state index contributed by atoms with van der Waals surface area (Å²) < 4.78 is 28.9. The summed E-state index contributed by atoms with van der Waals surface area (Å²) in [4.78, 5) is 41.9. The Hall–Kier alpha value is -17.2. The smallest absolute Gasteiger partial charge is 0.238 e. The van der Waals surface area contributed by atoms with E-state index in [-0.39, 0.29) is 21.7 Å². The van der Waals surface area contributed by atoms with Crippen LogP contribution in [-0.4, -0.2) is 44.4 Å². The van der Waals surface area contributed by atoms with E-state index in [9.17, 15) is 0 Å². The second kappa shape index (κ2) is 32.5. The van der Waals surface area contributed by atoms with E-state index in [1.54, 1.807) is 0 Å². The molecular weight excluding hydrogens is 1730 g/mol. The summed E-state index contributed by atoms with van der Waals surface area (Å²) in [6, 6.07) is 133.